The first kappa shape index (κ1) is 19.2. The van der Waals surface area contributed by atoms with Crippen LogP contribution >= 0.6 is 0 Å². The minimum atomic E-state index is -0.0688. The summed E-state index contributed by atoms with van der Waals surface area (Å²) in [6, 6.07) is 13.0. The number of pyridine rings is 1. The number of nitrogens with zero attached hydrogens (tertiary/aromatic N) is 2. The molecule has 144 valence electrons. The van der Waals surface area contributed by atoms with Gasteiger partial charge >= 0.3 is 0 Å². The molecular formula is C21H26N2O4. The highest BCUT2D eigenvalue weighted by molar-refractivity contribution is 5.76. The van der Waals surface area contributed by atoms with Crippen LogP contribution in [0.15, 0.2) is 47.3 Å². The maximum absolute atomic E-state index is 12.6. The van der Waals surface area contributed by atoms with Gasteiger partial charge in [0.15, 0.2) is 0 Å². The second kappa shape index (κ2) is 8.86. The smallest absolute Gasteiger partial charge is 0.250 e. The first-order valence-electron chi connectivity index (χ1n) is 9.25. The van der Waals surface area contributed by atoms with Gasteiger partial charge in [0, 0.05) is 44.2 Å². The molecule has 2 aromatic rings. The van der Waals surface area contributed by atoms with Crippen LogP contribution < -0.4 is 10.3 Å². The van der Waals surface area contributed by atoms with Gasteiger partial charge in [-0.3, -0.25) is 9.59 Å². The average Bonchev–Trinajstić information content (AvgIpc) is 2.68. The molecular weight excluding hydrogens is 344 g/mol. The largest absolute Gasteiger partial charge is 0.497 e. The number of methoxy groups -OCH3 is 1. The van der Waals surface area contributed by atoms with E-state index in [0.29, 0.717) is 32.7 Å². The Hall–Kier alpha value is -2.60. The highest BCUT2D eigenvalue weighted by Crippen LogP contribution is 2.17. The van der Waals surface area contributed by atoms with Crippen LogP contribution in [0.3, 0.4) is 0 Å². The summed E-state index contributed by atoms with van der Waals surface area (Å²) in [4.78, 5) is 26.4. The summed E-state index contributed by atoms with van der Waals surface area (Å²) in [6.07, 6.45) is 1.02. The van der Waals surface area contributed by atoms with Gasteiger partial charge in [-0.1, -0.05) is 18.2 Å². The van der Waals surface area contributed by atoms with E-state index in [1.54, 1.807) is 17.7 Å². The molecule has 2 heterocycles. The molecule has 1 atom stereocenters. The SMILES string of the molecule is COc1cccc(C[C@@H]2CN(C(=O)CCn3c(C)cccc3=O)CCO2)c1. The van der Waals surface area contributed by atoms with Crippen LogP contribution in [0.4, 0.5) is 0 Å². The summed E-state index contributed by atoms with van der Waals surface area (Å²) in [7, 11) is 1.65. The summed E-state index contributed by atoms with van der Waals surface area (Å²) in [5.41, 5.74) is 1.92. The lowest BCUT2D eigenvalue weighted by Crippen LogP contribution is -2.46. The predicted octanol–water partition coefficient (Wildman–Crippen LogP) is 2.03. The lowest BCUT2D eigenvalue weighted by Gasteiger charge is -2.33. The zero-order valence-corrected chi connectivity index (χ0v) is 15.9. The van der Waals surface area contributed by atoms with E-state index < -0.39 is 0 Å². The zero-order valence-electron chi connectivity index (χ0n) is 15.9. The Morgan fingerprint density at radius 2 is 2.07 bits per heavy atom. The molecule has 1 saturated heterocycles. The molecule has 1 aliphatic rings. The molecule has 3 rings (SSSR count). The van der Waals surface area contributed by atoms with Crippen molar-refractivity contribution in [2.24, 2.45) is 0 Å². The van der Waals surface area contributed by atoms with Gasteiger partial charge in [-0.05, 0) is 30.7 Å². The Labute approximate surface area is 159 Å². The van der Waals surface area contributed by atoms with Crippen molar-refractivity contribution in [3.8, 4) is 5.75 Å². The zero-order chi connectivity index (χ0) is 19.2. The Kier molecular flexibility index (Phi) is 6.29. The van der Waals surface area contributed by atoms with E-state index in [1.807, 2.05) is 42.2 Å². The van der Waals surface area contributed by atoms with Crippen molar-refractivity contribution in [2.75, 3.05) is 26.8 Å². The van der Waals surface area contributed by atoms with Gasteiger partial charge in [-0.15, -0.1) is 0 Å². The first-order chi connectivity index (χ1) is 13.1. The van der Waals surface area contributed by atoms with Crippen LogP contribution in [0.2, 0.25) is 0 Å². The van der Waals surface area contributed by atoms with E-state index in [9.17, 15) is 9.59 Å². The second-order valence-electron chi connectivity index (χ2n) is 6.80. The van der Waals surface area contributed by atoms with Crippen molar-refractivity contribution in [2.45, 2.75) is 32.4 Å². The molecule has 0 bridgehead atoms. The highest BCUT2D eigenvalue weighted by atomic mass is 16.5. The number of carbonyl (C=O) groups is 1. The third-order valence-corrected chi connectivity index (χ3v) is 4.91. The molecule has 1 amide bonds. The Morgan fingerprint density at radius 1 is 1.26 bits per heavy atom. The van der Waals surface area contributed by atoms with E-state index in [2.05, 4.69) is 0 Å². The molecule has 1 fully saturated rings. The molecule has 1 aromatic carbocycles. The third-order valence-electron chi connectivity index (χ3n) is 4.91. The standard InChI is InChI=1S/C21H26N2O4/c1-16-5-3-8-21(25)23(16)10-9-20(24)22-11-12-27-19(15-22)14-17-6-4-7-18(13-17)26-2/h3-8,13,19H,9-12,14-15H2,1-2H3/t19-/m1/s1. The molecule has 0 aliphatic carbocycles. The molecule has 27 heavy (non-hydrogen) atoms. The molecule has 0 radical (unpaired) electrons. The number of ether oxygens (including phenoxy) is 2. The van der Waals surface area contributed by atoms with Crippen LogP contribution in [-0.2, 0) is 22.5 Å². The van der Waals surface area contributed by atoms with Gasteiger partial charge in [-0.2, -0.15) is 0 Å². The number of hydrogen-bond acceptors (Lipinski definition) is 4. The summed E-state index contributed by atoms with van der Waals surface area (Å²) >= 11 is 0. The maximum atomic E-state index is 12.6. The number of amides is 1. The van der Waals surface area contributed by atoms with Crippen molar-refractivity contribution in [3.05, 3.63) is 64.1 Å². The van der Waals surface area contributed by atoms with Crippen molar-refractivity contribution in [1.29, 1.82) is 0 Å². The van der Waals surface area contributed by atoms with Crippen molar-refractivity contribution in [3.63, 3.8) is 0 Å². The Morgan fingerprint density at radius 3 is 2.85 bits per heavy atom. The maximum Gasteiger partial charge on any atom is 0.250 e. The van der Waals surface area contributed by atoms with E-state index >= 15 is 0 Å². The molecule has 0 N–H and O–H groups in total. The number of aromatic nitrogens is 1. The first-order valence-corrected chi connectivity index (χ1v) is 9.25. The summed E-state index contributed by atoms with van der Waals surface area (Å²) in [5.74, 6) is 0.879. The van der Waals surface area contributed by atoms with Crippen molar-refractivity contribution >= 4 is 5.91 Å². The van der Waals surface area contributed by atoms with Gasteiger partial charge in [0.25, 0.3) is 5.56 Å². The van der Waals surface area contributed by atoms with Crippen molar-refractivity contribution < 1.29 is 14.3 Å². The molecule has 0 unspecified atom stereocenters. The fraction of sp³-hybridized carbons (Fsp3) is 0.429. The van der Waals surface area contributed by atoms with Crippen molar-refractivity contribution in [1.82, 2.24) is 9.47 Å². The number of rotatable bonds is 6. The number of morpholine rings is 1. The lowest BCUT2D eigenvalue weighted by molar-refractivity contribution is -0.139. The van der Waals surface area contributed by atoms with E-state index in [-0.39, 0.29) is 17.6 Å². The third kappa shape index (κ3) is 4.98. The molecule has 1 aliphatic heterocycles. The monoisotopic (exact) mass is 370 g/mol. The number of benzene rings is 1. The van der Waals surface area contributed by atoms with E-state index in [4.69, 9.17) is 9.47 Å². The number of carbonyl (C=O) groups excluding carboxylic acids is 1. The summed E-state index contributed by atoms with van der Waals surface area (Å²) in [6.45, 7) is 3.98. The fourth-order valence-electron chi connectivity index (χ4n) is 3.41. The van der Waals surface area contributed by atoms with E-state index in [0.717, 1.165) is 23.4 Å². The summed E-state index contributed by atoms with van der Waals surface area (Å²) in [5, 5.41) is 0. The van der Waals surface area contributed by atoms with Gasteiger partial charge in [0.2, 0.25) is 5.91 Å². The number of hydrogen-bond donors (Lipinski definition) is 0. The number of aryl methyl sites for hydroxylation is 1. The molecule has 6 heteroatoms. The minimum absolute atomic E-state index is 0.0315. The minimum Gasteiger partial charge on any atom is -0.497 e. The molecule has 6 nitrogen and oxygen atoms in total. The Balaban J connectivity index is 1.57. The van der Waals surface area contributed by atoms with E-state index in [1.165, 1.54) is 6.07 Å². The molecule has 0 saturated carbocycles. The van der Waals surface area contributed by atoms with Crippen LogP contribution in [-0.4, -0.2) is 48.3 Å². The summed E-state index contributed by atoms with van der Waals surface area (Å²) < 4.78 is 12.8. The highest BCUT2D eigenvalue weighted by Gasteiger charge is 2.24. The predicted molar refractivity (Wildman–Crippen MR) is 103 cm³/mol. The second-order valence-corrected chi connectivity index (χ2v) is 6.80. The van der Waals surface area contributed by atoms with Crippen LogP contribution in [0, 0.1) is 6.92 Å². The lowest BCUT2D eigenvalue weighted by atomic mass is 10.1. The van der Waals surface area contributed by atoms with Gasteiger partial charge < -0.3 is 18.9 Å². The van der Waals surface area contributed by atoms with Crippen LogP contribution in [0.5, 0.6) is 5.75 Å². The Bertz CT molecular complexity index is 846. The van der Waals surface area contributed by atoms with Crippen LogP contribution in [0.1, 0.15) is 17.7 Å². The van der Waals surface area contributed by atoms with Gasteiger partial charge in [0.05, 0.1) is 19.8 Å². The quantitative estimate of drug-likeness (QED) is 0.781. The fourth-order valence-corrected chi connectivity index (χ4v) is 3.41. The van der Waals surface area contributed by atoms with Gasteiger partial charge in [0.1, 0.15) is 5.75 Å². The topological polar surface area (TPSA) is 60.8 Å². The van der Waals surface area contributed by atoms with Crippen LogP contribution in [0.25, 0.3) is 0 Å². The van der Waals surface area contributed by atoms with Gasteiger partial charge in [-0.25, -0.2) is 0 Å². The average molecular weight is 370 g/mol. The molecule has 0 spiro atoms. The molecule has 1 aromatic heterocycles. The normalized spacial score (nSPS) is 17.0.